The highest BCUT2D eigenvalue weighted by molar-refractivity contribution is 6.01. The highest BCUT2D eigenvalue weighted by atomic mass is 16.5. The summed E-state index contributed by atoms with van der Waals surface area (Å²) in [5.74, 6) is -1.59. The number of benzene rings is 3. The summed E-state index contributed by atoms with van der Waals surface area (Å²) in [6, 6.07) is 26.6. The van der Waals surface area contributed by atoms with Gasteiger partial charge in [-0.3, -0.25) is 9.59 Å². The van der Waals surface area contributed by atoms with Crippen LogP contribution in [0, 0.1) is 5.92 Å². The standard InChI is InChI=1S/C30H31N3O4/c1-31-29(35)27-24(21-11-5-2-6-12-21)25(28(34)23-15-9-4-10-16-23)26(22-13-7-3-8-14-22)33(27)30(36)32-17-19-37-20-18-32/h2-16,24-27H,17-20H2,1H3,(H,31,35). The van der Waals surface area contributed by atoms with Crippen molar-refractivity contribution in [1.82, 2.24) is 15.1 Å². The molecule has 4 atom stereocenters. The monoisotopic (exact) mass is 497 g/mol. The van der Waals surface area contributed by atoms with Crippen LogP contribution in [0.4, 0.5) is 4.79 Å². The zero-order chi connectivity index (χ0) is 25.8. The Kier molecular flexibility index (Phi) is 7.32. The van der Waals surface area contributed by atoms with Gasteiger partial charge in [0.15, 0.2) is 5.78 Å². The minimum atomic E-state index is -0.870. The first-order valence-electron chi connectivity index (χ1n) is 12.7. The van der Waals surface area contributed by atoms with Gasteiger partial charge >= 0.3 is 6.03 Å². The van der Waals surface area contributed by atoms with Gasteiger partial charge in [0.25, 0.3) is 0 Å². The summed E-state index contributed by atoms with van der Waals surface area (Å²) in [6.45, 7) is 1.75. The van der Waals surface area contributed by atoms with Crippen molar-refractivity contribution < 1.29 is 19.1 Å². The van der Waals surface area contributed by atoms with Crippen LogP contribution in [0.3, 0.4) is 0 Å². The van der Waals surface area contributed by atoms with Crippen LogP contribution in [0.15, 0.2) is 91.0 Å². The van der Waals surface area contributed by atoms with E-state index in [4.69, 9.17) is 4.74 Å². The van der Waals surface area contributed by atoms with Crippen LogP contribution in [-0.4, -0.2) is 66.9 Å². The lowest BCUT2D eigenvalue weighted by molar-refractivity contribution is -0.125. The Labute approximate surface area is 217 Å². The zero-order valence-electron chi connectivity index (χ0n) is 20.8. The smallest absolute Gasteiger partial charge is 0.321 e. The minimum Gasteiger partial charge on any atom is -0.378 e. The molecule has 2 fully saturated rings. The molecule has 0 radical (unpaired) electrons. The average molecular weight is 498 g/mol. The fourth-order valence-corrected chi connectivity index (χ4v) is 5.69. The summed E-state index contributed by atoms with van der Waals surface area (Å²) in [7, 11) is 1.58. The minimum absolute atomic E-state index is 0.0884. The van der Waals surface area contributed by atoms with E-state index in [1.807, 2.05) is 78.9 Å². The van der Waals surface area contributed by atoms with E-state index in [0.717, 1.165) is 11.1 Å². The molecule has 7 nitrogen and oxygen atoms in total. The van der Waals surface area contributed by atoms with Crippen molar-refractivity contribution in [1.29, 1.82) is 0 Å². The number of rotatable bonds is 5. The van der Waals surface area contributed by atoms with E-state index >= 15 is 0 Å². The molecule has 1 N–H and O–H groups in total. The molecule has 0 bridgehead atoms. The second-order valence-electron chi connectivity index (χ2n) is 9.40. The molecule has 3 aromatic carbocycles. The van der Waals surface area contributed by atoms with Crippen LogP contribution < -0.4 is 5.32 Å². The van der Waals surface area contributed by atoms with Gasteiger partial charge in [-0.1, -0.05) is 91.0 Å². The predicted octanol–water partition coefficient (Wildman–Crippen LogP) is 3.89. The maximum absolute atomic E-state index is 14.3. The van der Waals surface area contributed by atoms with E-state index in [1.54, 1.807) is 29.0 Å². The maximum Gasteiger partial charge on any atom is 0.321 e. The van der Waals surface area contributed by atoms with Gasteiger partial charge in [-0.2, -0.15) is 0 Å². The first kappa shape index (κ1) is 24.7. The van der Waals surface area contributed by atoms with Crippen molar-refractivity contribution in [2.75, 3.05) is 33.4 Å². The van der Waals surface area contributed by atoms with Crippen molar-refractivity contribution in [3.63, 3.8) is 0 Å². The van der Waals surface area contributed by atoms with Crippen molar-refractivity contribution in [3.05, 3.63) is 108 Å². The van der Waals surface area contributed by atoms with Crippen LogP contribution in [-0.2, 0) is 9.53 Å². The molecule has 7 heteroatoms. The van der Waals surface area contributed by atoms with Crippen molar-refractivity contribution in [2.45, 2.75) is 18.0 Å². The highest BCUT2D eigenvalue weighted by Crippen LogP contribution is 2.51. The van der Waals surface area contributed by atoms with Gasteiger partial charge in [-0.25, -0.2) is 4.79 Å². The Morgan fingerprint density at radius 3 is 1.89 bits per heavy atom. The molecule has 5 rings (SSSR count). The summed E-state index contributed by atoms with van der Waals surface area (Å²) in [6.07, 6.45) is 0. The van der Waals surface area contributed by atoms with E-state index in [9.17, 15) is 14.4 Å². The number of likely N-dealkylation sites (N-methyl/N-ethyl adjacent to an activating group) is 1. The molecule has 2 aliphatic heterocycles. The second kappa shape index (κ2) is 11.0. The topological polar surface area (TPSA) is 79.0 Å². The summed E-state index contributed by atoms with van der Waals surface area (Å²) >= 11 is 0. The molecule has 37 heavy (non-hydrogen) atoms. The first-order chi connectivity index (χ1) is 18.1. The molecule has 190 valence electrons. The predicted molar refractivity (Wildman–Crippen MR) is 140 cm³/mol. The van der Waals surface area contributed by atoms with Crippen LogP contribution in [0.1, 0.15) is 33.4 Å². The number of ether oxygens (including phenoxy) is 1. The Hall–Kier alpha value is -3.97. The molecule has 3 aromatic rings. The number of Topliss-reactive ketones (excluding diaryl/α,β-unsaturated/α-hetero) is 1. The van der Waals surface area contributed by atoms with Gasteiger partial charge in [-0.15, -0.1) is 0 Å². The van der Waals surface area contributed by atoms with Gasteiger partial charge in [0.1, 0.15) is 6.04 Å². The number of nitrogens with zero attached hydrogens (tertiary/aromatic N) is 2. The molecular weight excluding hydrogens is 466 g/mol. The molecule has 0 aromatic heterocycles. The molecular formula is C30H31N3O4. The van der Waals surface area contributed by atoms with Gasteiger partial charge in [0.2, 0.25) is 5.91 Å². The third-order valence-electron chi connectivity index (χ3n) is 7.37. The molecule has 4 unspecified atom stereocenters. The molecule has 2 aliphatic rings. The third kappa shape index (κ3) is 4.74. The normalized spacial score (nSPS) is 23.5. The lowest BCUT2D eigenvalue weighted by Crippen LogP contribution is -2.54. The van der Waals surface area contributed by atoms with E-state index in [-0.39, 0.29) is 17.7 Å². The number of ketones is 1. The molecule has 0 spiro atoms. The number of hydrogen-bond acceptors (Lipinski definition) is 4. The van der Waals surface area contributed by atoms with Crippen LogP contribution in [0.25, 0.3) is 0 Å². The maximum atomic E-state index is 14.3. The van der Waals surface area contributed by atoms with E-state index in [2.05, 4.69) is 5.32 Å². The zero-order valence-corrected chi connectivity index (χ0v) is 20.8. The van der Waals surface area contributed by atoms with Crippen LogP contribution in [0.2, 0.25) is 0 Å². The summed E-state index contributed by atoms with van der Waals surface area (Å²) in [5.41, 5.74) is 2.24. The number of likely N-dealkylation sites (tertiary alicyclic amines) is 1. The fraction of sp³-hybridized carbons (Fsp3) is 0.300. The highest BCUT2D eigenvalue weighted by Gasteiger charge is 2.57. The SMILES string of the molecule is CNC(=O)C1C(c2ccccc2)C(C(=O)c2ccccc2)C(c2ccccc2)N1C(=O)N1CCOCC1. The number of morpholine rings is 1. The second-order valence-corrected chi connectivity index (χ2v) is 9.40. The van der Waals surface area contributed by atoms with Gasteiger partial charge in [0, 0.05) is 31.6 Å². The molecule has 0 aliphatic carbocycles. The van der Waals surface area contributed by atoms with E-state index in [0.29, 0.717) is 31.9 Å². The van der Waals surface area contributed by atoms with Crippen LogP contribution in [0.5, 0.6) is 0 Å². The summed E-state index contributed by atoms with van der Waals surface area (Å²) in [5, 5.41) is 2.78. The van der Waals surface area contributed by atoms with Crippen LogP contribution >= 0.6 is 0 Å². The number of carbonyl (C=O) groups is 3. The van der Waals surface area contributed by atoms with Gasteiger partial charge in [-0.05, 0) is 11.1 Å². The quantitative estimate of drug-likeness (QED) is 0.543. The molecule has 3 amide bonds. The molecule has 0 saturated carbocycles. The molecule has 2 saturated heterocycles. The lowest BCUT2D eigenvalue weighted by atomic mass is 9.76. The largest absolute Gasteiger partial charge is 0.378 e. The van der Waals surface area contributed by atoms with Gasteiger partial charge in [0.05, 0.1) is 25.2 Å². The third-order valence-corrected chi connectivity index (χ3v) is 7.37. The number of carbonyl (C=O) groups excluding carboxylic acids is 3. The van der Waals surface area contributed by atoms with Gasteiger partial charge < -0.3 is 19.9 Å². The van der Waals surface area contributed by atoms with E-state index in [1.165, 1.54) is 0 Å². The Morgan fingerprint density at radius 2 is 1.32 bits per heavy atom. The summed E-state index contributed by atoms with van der Waals surface area (Å²) < 4.78 is 5.48. The first-order valence-corrected chi connectivity index (χ1v) is 12.7. The number of nitrogens with one attached hydrogen (secondary N) is 1. The summed E-state index contributed by atoms with van der Waals surface area (Å²) in [4.78, 5) is 45.5. The fourth-order valence-electron chi connectivity index (χ4n) is 5.69. The average Bonchev–Trinajstić information content (AvgIpc) is 3.34. The Bertz CT molecular complexity index is 1230. The lowest BCUT2D eigenvalue weighted by Gasteiger charge is -2.37. The van der Waals surface area contributed by atoms with Crippen molar-refractivity contribution in [2.24, 2.45) is 5.92 Å². The Morgan fingerprint density at radius 1 is 0.784 bits per heavy atom. The van der Waals surface area contributed by atoms with Crippen molar-refractivity contribution in [3.8, 4) is 0 Å². The number of urea groups is 1. The molecule has 2 heterocycles. The van der Waals surface area contributed by atoms with Crippen molar-refractivity contribution >= 4 is 17.7 Å². The number of amides is 3. The Balaban J connectivity index is 1.73. The van der Waals surface area contributed by atoms with E-state index < -0.39 is 23.9 Å². The number of hydrogen-bond donors (Lipinski definition) is 1.